The Morgan fingerprint density at radius 1 is 0.327 bits per heavy atom. The molecule has 0 fully saturated rings. The first-order chi connectivity index (χ1) is 25.8. The molecule has 1 heterocycles. The minimum Gasteiger partial charge on any atom is -0.309 e. The molecule has 0 bridgehead atoms. The van der Waals surface area contributed by atoms with Gasteiger partial charge >= 0.3 is 0 Å². The van der Waals surface area contributed by atoms with Gasteiger partial charge in [-0.25, -0.2) is 0 Å². The fourth-order valence-electron chi connectivity index (χ4n) is 7.71. The lowest BCUT2D eigenvalue weighted by Crippen LogP contribution is -2.10. The number of anilines is 3. The molecule has 0 radical (unpaired) electrons. The average Bonchev–Trinajstić information content (AvgIpc) is 3.61. The lowest BCUT2D eigenvalue weighted by Gasteiger charge is -2.26. The van der Waals surface area contributed by atoms with E-state index in [1.165, 1.54) is 80.8 Å². The van der Waals surface area contributed by atoms with E-state index in [2.05, 4.69) is 205 Å². The highest BCUT2D eigenvalue weighted by Gasteiger charge is 2.19. The lowest BCUT2D eigenvalue weighted by atomic mass is 9.93. The van der Waals surface area contributed by atoms with E-state index >= 15 is 0 Å². The third-order valence-corrected chi connectivity index (χ3v) is 11.5. The van der Waals surface area contributed by atoms with Gasteiger partial charge in [0.05, 0.1) is 10.4 Å². The normalized spacial score (nSPS) is 11.5. The zero-order chi connectivity index (χ0) is 34.4. The maximum atomic E-state index is 2.42. The Balaban J connectivity index is 1.13. The fraction of sp³-hybridized carbons (Fsp3) is 0. The molecule has 1 aromatic heterocycles. The van der Waals surface area contributed by atoms with E-state index in [-0.39, 0.29) is 0 Å². The summed E-state index contributed by atoms with van der Waals surface area (Å²) in [5, 5.41) is 7.67. The van der Waals surface area contributed by atoms with Crippen LogP contribution in [-0.2, 0) is 0 Å². The highest BCUT2D eigenvalue weighted by Crippen LogP contribution is 2.46. The van der Waals surface area contributed by atoms with Gasteiger partial charge in [-0.2, -0.15) is 0 Å². The first kappa shape index (κ1) is 30.4. The number of nitrogens with zero attached hydrogens (tertiary/aromatic N) is 1. The highest BCUT2D eigenvalue weighted by molar-refractivity contribution is 7.26. The van der Waals surface area contributed by atoms with Gasteiger partial charge < -0.3 is 4.90 Å². The van der Waals surface area contributed by atoms with Gasteiger partial charge in [0.1, 0.15) is 0 Å². The van der Waals surface area contributed by atoms with Gasteiger partial charge in [0.25, 0.3) is 0 Å². The second kappa shape index (κ2) is 12.7. The molecule has 0 aliphatic carbocycles. The van der Waals surface area contributed by atoms with E-state index in [4.69, 9.17) is 0 Å². The molecule has 0 aliphatic heterocycles. The molecule has 0 atom stereocenters. The summed E-state index contributed by atoms with van der Waals surface area (Å²) in [7, 11) is 0. The van der Waals surface area contributed by atoms with Crippen molar-refractivity contribution in [1.82, 2.24) is 0 Å². The topological polar surface area (TPSA) is 3.24 Å². The van der Waals surface area contributed by atoms with Crippen LogP contribution in [0, 0.1) is 0 Å². The molecule has 0 saturated heterocycles. The van der Waals surface area contributed by atoms with Crippen molar-refractivity contribution in [3.63, 3.8) is 0 Å². The van der Waals surface area contributed by atoms with Crippen LogP contribution in [0.2, 0.25) is 0 Å². The number of fused-ring (bicyclic) bond motifs is 6. The van der Waals surface area contributed by atoms with E-state index in [9.17, 15) is 0 Å². The van der Waals surface area contributed by atoms with Crippen LogP contribution in [0.15, 0.2) is 200 Å². The second-order valence-electron chi connectivity index (χ2n) is 13.3. The summed E-state index contributed by atoms with van der Waals surface area (Å²) in [6, 6.07) is 72.8. The SMILES string of the molecule is c1ccc(-c2ccc(N(c3ccc(-c4cc5ccccc5c5ccccc45)cc3)c3cccc4c3sc3cc(-c5ccccc5)ccc34)cc2)cc1. The first-order valence-corrected chi connectivity index (χ1v) is 18.6. The molecular formula is C50H33NS. The molecule has 244 valence electrons. The molecular weight excluding hydrogens is 647 g/mol. The molecule has 10 rings (SSSR count). The predicted molar refractivity (Wildman–Crippen MR) is 225 cm³/mol. The quantitative estimate of drug-likeness (QED) is 0.158. The number of rotatable bonds is 6. The second-order valence-corrected chi connectivity index (χ2v) is 14.4. The molecule has 52 heavy (non-hydrogen) atoms. The van der Waals surface area contributed by atoms with Crippen molar-refractivity contribution in [3.05, 3.63) is 200 Å². The maximum absolute atomic E-state index is 2.42. The Bertz CT molecular complexity index is 2870. The molecule has 0 spiro atoms. The summed E-state index contributed by atoms with van der Waals surface area (Å²) in [5.41, 5.74) is 10.8. The van der Waals surface area contributed by atoms with Gasteiger partial charge in [-0.05, 0) is 97.4 Å². The number of hydrogen-bond acceptors (Lipinski definition) is 2. The van der Waals surface area contributed by atoms with Gasteiger partial charge in [0.2, 0.25) is 0 Å². The molecule has 1 nitrogen and oxygen atoms in total. The Labute approximate surface area is 307 Å². The van der Waals surface area contributed by atoms with Gasteiger partial charge in [-0.15, -0.1) is 11.3 Å². The monoisotopic (exact) mass is 679 g/mol. The van der Waals surface area contributed by atoms with Gasteiger partial charge in [-0.3, -0.25) is 0 Å². The van der Waals surface area contributed by atoms with E-state index in [1.54, 1.807) is 0 Å². The lowest BCUT2D eigenvalue weighted by molar-refractivity contribution is 1.30. The fourth-order valence-corrected chi connectivity index (χ4v) is 8.96. The number of benzene rings is 9. The van der Waals surface area contributed by atoms with Crippen molar-refractivity contribution < 1.29 is 0 Å². The zero-order valence-electron chi connectivity index (χ0n) is 28.4. The average molecular weight is 680 g/mol. The molecule has 0 N–H and O–H groups in total. The Hall–Kier alpha value is -6.48. The summed E-state index contributed by atoms with van der Waals surface area (Å²) < 4.78 is 2.57. The Morgan fingerprint density at radius 2 is 0.865 bits per heavy atom. The summed E-state index contributed by atoms with van der Waals surface area (Å²) >= 11 is 1.88. The third-order valence-electron chi connectivity index (χ3n) is 10.3. The van der Waals surface area contributed by atoms with Gasteiger partial charge in [0, 0.05) is 26.8 Å². The molecule has 9 aromatic carbocycles. The maximum Gasteiger partial charge on any atom is 0.0640 e. The third kappa shape index (κ3) is 5.24. The molecule has 0 saturated carbocycles. The van der Waals surface area contributed by atoms with Crippen molar-refractivity contribution in [3.8, 4) is 33.4 Å². The van der Waals surface area contributed by atoms with Crippen molar-refractivity contribution in [2.75, 3.05) is 4.90 Å². The summed E-state index contributed by atoms with van der Waals surface area (Å²) in [6.07, 6.45) is 0. The van der Waals surface area contributed by atoms with E-state index < -0.39 is 0 Å². The van der Waals surface area contributed by atoms with Crippen LogP contribution in [0.25, 0.3) is 75.1 Å². The summed E-state index contributed by atoms with van der Waals surface area (Å²) in [6.45, 7) is 0. The molecule has 10 aromatic rings. The van der Waals surface area contributed by atoms with Crippen LogP contribution in [0.4, 0.5) is 17.1 Å². The van der Waals surface area contributed by atoms with Crippen molar-refractivity contribution in [1.29, 1.82) is 0 Å². The minimum atomic E-state index is 1.12. The largest absolute Gasteiger partial charge is 0.309 e. The smallest absolute Gasteiger partial charge is 0.0640 e. The standard InChI is InChI=1S/C50H33NS/c1-3-12-34(13-4-1)36-22-27-40(28-23-36)51(48-21-11-20-46-45-31-26-38(33-49(45)52-50(46)48)35-14-5-2-6-15-35)41-29-24-37(25-30-41)47-32-39-16-7-8-17-42(39)43-18-9-10-19-44(43)47/h1-33H. The van der Waals surface area contributed by atoms with Crippen LogP contribution in [0.3, 0.4) is 0 Å². The van der Waals surface area contributed by atoms with Gasteiger partial charge in [-0.1, -0.05) is 158 Å². The summed E-state index contributed by atoms with van der Waals surface area (Å²) in [5.74, 6) is 0. The van der Waals surface area contributed by atoms with Crippen LogP contribution in [-0.4, -0.2) is 0 Å². The molecule has 0 aliphatic rings. The van der Waals surface area contributed by atoms with Crippen molar-refractivity contribution in [2.24, 2.45) is 0 Å². The van der Waals surface area contributed by atoms with E-state index in [0.717, 1.165) is 11.4 Å². The Morgan fingerprint density at radius 3 is 1.58 bits per heavy atom. The molecule has 0 amide bonds. The first-order valence-electron chi connectivity index (χ1n) is 17.8. The van der Waals surface area contributed by atoms with Crippen LogP contribution < -0.4 is 4.90 Å². The minimum absolute atomic E-state index is 1.12. The van der Waals surface area contributed by atoms with Crippen LogP contribution >= 0.6 is 11.3 Å². The molecule has 2 heteroatoms. The van der Waals surface area contributed by atoms with Crippen molar-refractivity contribution >= 4 is 70.1 Å². The van der Waals surface area contributed by atoms with Gasteiger partial charge in [0.15, 0.2) is 0 Å². The number of thiophene rings is 1. The summed E-state index contributed by atoms with van der Waals surface area (Å²) in [4.78, 5) is 2.42. The van der Waals surface area contributed by atoms with E-state index in [1.807, 2.05) is 11.3 Å². The zero-order valence-corrected chi connectivity index (χ0v) is 29.2. The molecule has 0 unspecified atom stereocenters. The van der Waals surface area contributed by atoms with Crippen LogP contribution in [0.1, 0.15) is 0 Å². The van der Waals surface area contributed by atoms with Crippen LogP contribution in [0.5, 0.6) is 0 Å². The predicted octanol–water partition coefficient (Wildman–Crippen LogP) is 14.8. The van der Waals surface area contributed by atoms with Crippen molar-refractivity contribution in [2.45, 2.75) is 0 Å². The highest BCUT2D eigenvalue weighted by atomic mass is 32.1. The number of hydrogen-bond donors (Lipinski definition) is 0. The van der Waals surface area contributed by atoms with E-state index in [0.29, 0.717) is 0 Å². The Kier molecular flexibility index (Phi) is 7.41.